The highest BCUT2D eigenvalue weighted by Crippen LogP contribution is 2.25. The summed E-state index contributed by atoms with van der Waals surface area (Å²) in [5, 5.41) is 7.71. The number of nitrogens with zero attached hydrogens (tertiary/aromatic N) is 3. The molecule has 2 heterocycles. The van der Waals surface area contributed by atoms with Crippen LogP contribution in [0.2, 0.25) is 0 Å². The minimum absolute atomic E-state index is 0.251. The lowest BCUT2D eigenvalue weighted by Gasteiger charge is -2.32. The van der Waals surface area contributed by atoms with E-state index in [0.717, 1.165) is 10.0 Å². The van der Waals surface area contributed by atoms with Gasteiger partial charge < -0.3 is 4.74 Å². The Morgan fingerprint density at radius 3 is 2.83 bits per heavy atom. The number of rotatable bonds is 4. The van der Waals surface area contributed by atoms with E-state index in [4.69, 9.17) is 4.74 Å². The molecule has 2 aromatic rings. The van der Waals surface area contributed by atoms with Gasteiger partial charge in [0.2, 0.25) is 10.0 Å². The minimum atomic E-state index is -3.59. The summed E-state index contributed by atoms with van der Waals surface area (Å²) in [5.41, 5.74) is 0.807. The number of hydrogen-bond acceptors (Lipinski definition) is 5. The van der Waals surface area contributed by atoms with Crippen molar-refractivity contribution in [2.75, 3.05) is 19.8 Å². The Morgan fingerprint density at radius 2 is 2.13 bits per heavy atom. The predicted octanol–water partition coefficient (Wildman–Crippen LogP) is 1.94. The fourth-order valence-electron chi connectivity index (χ4n) is 2.30. The van der Waals surface area contributed by atoms with Crippen LogP contribution in [-0.4, -0.2) is 47.7 Å². The number of H-pyrrole nitrogens is 1. The van der Waals surface area contributed by atoms with Crippen LogP contribution in [-0.2, 0) is 14.8 Å². The molecule has 0 spiro atoms. The highest BCUT2D eigenvalue weighted by molar-refractivity contribution is 9.10. The molecule has 1 aromatic carbocycles. The summed E-state index contributed by atoms with van der Waals surface area (Å²) < 4.78 is 33.0. The molecule has 0 radical (unpaired) electrons. The summed E-state index contributed by atoms with van der Waals surface area (Å²) in [6.45, 7) is 0.884. The Labute approximate surface area is 142 Å². The van der Waals surface area contributed by atoms with Crippen molar-refractivity contribution in [3.8, 4) is 0 Å². The number of halogens is 1. The van der Waals surface area contributed by atoms with Gasteiger partial charge in [-0.2, -0.15) is 9.40 Å². The van der Waals surface area contributed by atoms with Crippen LogP contribution in [0.25, 0.3) is 6.08 Å². The Bertz CT molecular complexity index is 775. The van der Waals surface area contributed by atoms with Crippen LogP contribution in [0.3, 0.4) is 0 Å². The van der Waals surface area contributed by atoms with Gasteiger partial charge in [0, 0.05) is 16.4 Å². The number of sulfonamides is 1. The van der Waals surface area contributed by atoms with Crippen molar-refractivity contribution in [1.29, 1.82) is 0 Å². The Balaban J connectivity index is 1.83. The van der Waals surface area contributed by atoms with Gasteiger partial charge >= 0.3 is 0 Å². The average molecular weight is 399 g/mol. The van der Waals surface area contributed by atoms with E-state index >= 15 is 0 Å². The van der Waals surface area contributed by atoms with Crippen molar-refractivity contribution >= 4 is 32.0 Å². The largest absolute Gasteiger partial charge is 0.378 e. The third kappa shape index (κ3) is 3.86. The van der Waals surface area contributed by atoms with Gasteiger partial charge in [0.15, 0.2) is 0 Å². The van der Waals surface area contributed by atoms with Gasteiger partial charge in [0.05, 0.1) is 13.2 Å². The molecule has 9 heteroatoms. The van der Waals surface area contributed by atoms with E-state index in [1.165, 1.54) is 16.0 Å². The van der Waals surface area contributed by atoms with Gasteiger partial charge in [0.25, 0.3) is 0 Å². The fraction of sp³-hybridized carbons (Fsp3) is 0.286. The van der Waals surface area contributed by atoms with E-state index in [-0.39, 0.29) is 13.2 Å². The molecule has 23 heavy (non-hydrogen) atoms. The summed E-state index contributed by atoms with van der Waals surface area (Å²) >= 11 is 3.35. The maximum Gasteiger partial charge on any atom is 0.237 e. The molecule has 0 bridgehead atoms. The number of benzene rings is 1. The molecule has 1 aliphatic heterocycles. The highest BCUT2D eigenvalue weighted by atomic mass is 79.9. The summed E-state index contributed by atoms with van der Waals surface area (Å²) in [6.07, 6.45) is 2.93. The maximum absolute atomic E-state index is 12.6. The first-order valence-electron chi connectivity index (χ1n) is 6.95. The summed E-state index contributed by atoms with van der Waals surface area (Å²) in [7, 11) is -3.59. The zero-order chi connectivity index (χ0) is 16.3. The third-order valence-electron chi connectivity index (χ3n) is 3.46. The Kier molecular flexibility index (Phi) is 4.90. The van der Waals surface area contributed by atoms with E-state index in [2.05, 4.69) is 31.1 Å². The standard InChI is InChI=1S/C14H15BrN4O3S/c15-12-3-1-11(2-4-12)5-8-23(20,21)19-6-7-22-9-13(19)14-16-10-17-18-14/h1-5,8,10,13H,6-7,9H2,(H,16,17,18)/b8-5+. The van der Waals surface area contributed by atoms with E-state index in [0.29, 0.717) is 12.4 Å². The normalized spacial score (nSPS) is 20.1. The topological polar surface area (TPSA) is 88.2 Å². The van der Waals surface area contributed by atoms with Gasteiger partial charge in [-0.1, -0.05) is 28.1 Å². The molecule has 7 nitrogen and oxygen atoms in total. The number of hydrogen-bond donors (Lipinski definition) is 1. The van der Waals surface area contributed by atoms with Crippen molar-refractivity contribution in [3.63, 3.8) is 0 Å². The first-order chi connectivity index (χ1) is 11.1. The molecule has 1 fully saturated rings. The van der Waals surface area contributed by atoms with Crippen LogP contribution in [0.1, 0.15) is 17.4 Å². The molecular formula is C14H15BrN4O3S. The highest BCUT2D eigenvalue weighted by Gasteiger charge is 2.34. The molecular weight excluding hydrogens is 384 g/mol. The molecule has 0 aliphatic carbocycles. The molecule has 3 rings (SSSR count). The molecule has 1 unspecified atom stereocenters. The molecule has 122 valence electrons. The van der Waals surface area contributed by atoms with E-state index in [1.807, 2.05) is 24.3 Å². The van der Waals surface area contributed by atoms with Crippen LogP contribution < -0.4 is 0 Å². The fourth-order valence-corrected chi connectivity index (χ4v) is 3.89. The van der Waals surface area contributed by atoms with Gasteiger partial charge in [0.1, 0.15) is 18.2 Å². The van der Waals surface area contributed by atoms with Gasteiger partial charge in [-0.3, -0.25) is 5.10 Å². The molecule has 0 saturated carbocycles. The van der Waals surface area contributed by atoms with E-state index in [1.54, 1.807) is 6.08 Å². The maximum atomic E-state index is 12.6. The second-order valence-electron chi connectivity index (χ2n) is 4.97. The number of aromatic nitrogens is 3. The SMILES string of the molecule is O=S(=O)(/C=C/c1ccc(Br)cc1)N1CCOCC1c1ncn[nH]1. The molecule has 1 atom stereocenters. The van der Waals surface area contributed by atoms with Gasteiger partial charge in [-0.15, -0.1) is 0 Å². The van der Waals surface area contributed by atoms with Gasteiger partial charge in [-0.25, -0.2) is 13.4 Å². The Morgan fingerprint density at radius 1 is 1.35 bits per heavy atom. The monoisotopic (exact) mass is 398 g/mol. The molecule has 1 aromatic heterocycles. The summed E-state index contributed by atoms with van der Waals surface area (Å²) in [4.78, 5) is 4.05. The second kappa shape index (κ2) is 6.91. The zero-order valence-electron chi connectivity index (χ0n) is 12.1. The van der Waals surface area contributed by atoms with Crippen LogP contribution >= 0.6 is 15.9 Å². The van der Waals surface area contributed by atoms with Crippen molar-refractivity contribution in [2.24, 2.45) is 0 Å². The minimum Gasteiger partial charge on any atom is -0.378 e. The summed E-state index contributed by atoms with van der Waals surface area (Å²) in [6, 6.07) is 6.90. The number of nitrogens with one attached hydrogen (secondary N) is 1. The predicted molar refractivity (Wildman–Crippen MR) is 88.7 cm³/mol. The average Bonchev–Trinajstić information content (AvgIpc) is 3.09. The van der Waals surface area contributed by atoms with Crippen molar-refractivity contribution in [3.05, 3.63) is 51.9 Å². The van der Waals surface area contributed by atoms with Crippen LogP contribution in [0.5, 0.6) is 0 Å². The lowest BCUT2D eigenvalue weighted by molar-refractivity contribution is 0.0297. The van der Waals surface area contributed by atoms with Gasteiger partial charge in [-0.05, 0) is 23.8 Å². The number of aromatic amines is 1. The smallest absolute Gasteiger partial charge is 0.237 e. The quantitative estimate of drug-likeness (QED) is 0.849. The molecule has 0 amide bonds. The van der Waals surface area contributed by atoms with Crippen LogP contribution in [0.15, 0.2) is 40.5 Å². The first-order valence-corrected chi connectivity index (χ1v) is 9.24. The number of ether oxygens (including phenoxy) is 1. The zero-order valence-corrected chi connectivity index (χ0v) is 14.5. The van der Waals surface area contributed by atoms with E-state index in [9.17, 15) is 8.42 Å². The summed E-state index contributed by atoms with van der Waals surface area (Å²) in [5.74, 6) is 0.477. The second-order valence-corrected chi connectivity index (χ2v) is 7.66. The van der Waals surface area contributed by atoms with Crippen LogP contribution in [0.4, 0.5) is 0 Å². The number of morpholine rings is 1. The lowest BCUT2D eigenvalue weighted by Crippen LogP contribution is -2.42. The first kappa shape index (κ1) is 16.3. The Hall–Kier alpha value is -1.55. The van der Waals surface area contributed by atoms with Crippen LogP contribution in [0, 0.1) is 0 Å². The van der Waals surface area contributed by atoms with E-state index < -0.39 is 16.1 Å². The van der Waals surface area contributed by atoms with Crippen molar-refractivity contribution < 1.29 is 13.2 Å². The molecule has 1 N–H and O–H groups in total. The lowest BCUT2D eigenvalue weighted by atomic mass is 10.2. The molecule has 1 saturated heterocycles. The third-order valence-corrected chi connectivity index (χ3v) is 5.56. The van der Waals surface area contributed by atoms with Crippen molar-refractivity contribution in [1.82, 2.24) is 19.5 Å². The van der Waals surface area contributed by atoms with Crippen molar-refractivity contribution in [2.45, 2.75) is 6.04 Å². The molecule has 1 aliphatic rings.